The van der Waals surface area contributed by atoms with Gasteiger partial charge in [-0.2, -0.15) is 0 Å². The van der Waals surface area contributed by atoms with Crippen molar-refractivity contribution >= 4 is 34.6 Å². The van der Waals surface area contributed by atoms with E-state index in [0.29, 0.717) is 23.0 Å². The number of anilines is 4. The van der Waals surface area contributed by atoms with Gasteiger partial charge in [0.15, 0.2) is 0 Å². The second-order valence-electron chi connectivity index (χ2n) is 7.17. The zero-order valence-electron chi connectivity index (χ0n) is 16.6. The minimum absolute atomic E-state index is 0.155. The van der Waals surface area contributed by atoms with E-state index in [1.54, 1.807) is 36.7 Å². The molecule has 1 saturated carbocycles. The number of hydrazine groups is 1. The van der Waals surface area contributed by atoms with Gasteiger partial charge in [0, 0.05) is 36.7 Å². The van der Waals surface area contributed by atoms with Crippen LogP contribution in [0, 0.1) is 0 Å². The van der Waals surface area contributed by atoms with Crippen molar-refractivity contribution in [2.24, 2.45) is 0 Å². The van der Waals surface area contributed by atoms with Gasteiger partial charge in [0.1, 0.15) is 0 Å². The van der Waals surface area contributed by atoms with E-state index in [1.807, 2.05) is 36.4 Å². The van der Waals surface area contributed by atoms with Gasteiger partial charge in [-0.05, 0) is 49.2 Å². The largest absolute Gasteiger partial charge is 0.338 e. The third-order valence-corrected chi connectivity index (χ3v) is 4.75. The molecule has 2 aromatic carbocycles. The summed E-state index contributed by atoms with van der Waals surface area (Å²) in [4.78, 5) is 30.6. The van der Waals surface area contributed by atoms with Crippen molar-refractivity contribution in [1.82, 2.24) is 10.4 Å². The molecule has 0 radical (unpaired) electrons. The molecule has 0 saturated heterocycles. The van der Waals surface area contributed by atoms with Gasteiger partial charge in [0.05, 0.1) is 16.9 Å². The molecule has 152 valence electrons. The number of hydrogen-bond acceptors (Lipinski definition) is 5. The van der Waals surface area contributed by atoms with Crippen molar-refractivity contribution in [3.63, 3.8) is 0 Å². The molecule has 0 aliphatic heterocycles. The summed E-state index contributed by atoms with van der Waals surface area (Å²) in [5.41, 5.74) is 9.31. The zero-order chi connectivity index (χ0) is 20.9. The summed E-state index contributed by atoms with van der Waals surface area (Å²) in [6, 6.07) is 19.4. The summed E-state index contributed by atoms with van der Waals surface area (Å²) in [5.74, 6) is -0.443. The maximum atomic E-state index is 13.0. The summed E-state index contributed by atoms with van der Waals surface area (Å²) in [7, 11) is 0. The Bertz CT molecular complexity index is 1050. The predicted octanol–water partition coefficient (Wildman–Crippen LogP) is 4.10. The maximum absolute atomic E-state index is 13.0. The molecule has 7 heteroatoms. The van der Waals surface area contributed by atoms with Gasteiger partial charge in [-0.1, -0.05) is 24.3 Å². The topological polar surface area (TPSA) is 86.4 Å². The number of carbonyl (C=O) groups is 2. The second kappa shape index (κ2) is 8.65. The summed E-state index contributed by atoms with van der Waals surface area (Å²) >= 11 is 0. The van der Waals surface area contributed by atoms with Crippen molar-refractivity contribution in [2.45, 2.75) is 25.8 Å². The lowest BCUT2D eigenvalue weighted by Gasteiger charge is -2.26. The smallest absolute Gasteiger partial charge is 0.273 e. The molecule has 3 aromatic rings. The van der Waals surface area contributed by atoms with E-state index < -0.39 is 0 Å². The quantitative estimate of drug-likeness (QED) is 0.519. The fourth-order valence-corrected chi connectivity index (χ4v) is 3.31. The number of carbonyl (C=O) groups excluding carboxylic acids is 2. The number of rotatable bonds is 7. The Balaban J connectivity index is 1.54. The number of pyridine rings is 1. The van der Waals surface area contributed by atoms with Gasteiger partial charge in [-0.3, -0.25) is 25.4 Å². The molecule has 1 aliphatic rings. The SMILES string of the molecule is CC(=O)Nc1cccc(NNC(=O)c2cnccc2N(c2ccccc2)C2CC2)c1. The molecule has 1 heterocycles. The van der Waals surface area contributed by atoms with E-state index in [9.17, 15) is 9.59 Å². The fourth-order valence-electron chi connectivity index (χ4n) is 3.31. The van der Waals surface area contributed by atoms with Gasteiger partial charge < -0.3 is 10.2 Å². The average Bonchev–Trinajstić information content (AvgIpc) is 3.58. The molecule has 1 aromatic heterocycles. The van der Waals surface area contributed by atoms with Crippen molar-refractivity contribution in [1.29, 1.82) is 0 Å². The van der Waals surface area contributed by atoms with Crippen LogP contribution >= 0.6 is 0 Å². The van der Waals surface area contributed by atoms with Crippen LogP contribution in [-0.4, -0.2) is 22.8 Å². The van der Waals surface area contributed by atoms with Gasteiger partial charge in [-0.25, -0.2) is 0 Å². The number of benzene rings is 2. The molecule has 4 rings (SSSR count). The highest BCUT2D eigenvalue weighted by Crippen LogP contribution is 2.39. The summed E-state index contributed by atoms with van der Waals surface area (Å²) in [6.07, 6.45) is 5.46. The number of aromatic nitrogens is 1. The highest BCUT2D eigenvalue weighted by molar-refractivity contribution is 6.01. The van der Waals surface area contributed by atoms with Gasteiger partial charge >= 0.3 is 0 Å². The Morgan fingerprint density at radius 1 is 1.00 bits per heavy atom. The van der Waals surface area contributed by atoms with Crippen molar-refractivity contribution in [3.8, 4) is 0 Å². The number of nitrogens with one attached hydrogen (secondary N) is 3. The molecule has 3 N–H and O–H groups in total. The summed E-state index contributed by atoms with van der Waals surface area (Å²) < 4.78 is 0. The Morgan fingerprint density at radius 3 is 2.50 bits per heavy atom. The Morgan fingerprint density at radius 2 is 1.77 bits per heavy atom. The van der Waals surface area contributed by atoms with E-state index in [2.05, 4.69) is 26.1 Å². The lowest BCUT2D eigenvalue weighted by atomic mass is 10.1. The van der Waals surface area contributed by atoms with Crippen LogP contribution in [0.2, 0.25) is 0 Å². The van der Waals surface area contributed by atoms with Gasteiger partial charge in [0.25, 0.3) is 5.91 Å². The molecule has 0 spiro atoms. The highest BCUT2D eigenvalue weighted by Gasteiger charge is 2.32. The van der Waals surface area contributed by atoms with Crippen LogP contribution in [0.25, 0.3) is 0 Å². The third kappa shape index (κ3) is 4.57. The van der Waals surface area contributed by atoms with Crippen LogP contribution in [-0.2, 0) is 4.79 Å². The van der Waals surface area contributed by atoms with Crippen LogP contribution < -0.4 is 21.1 Å². The van der Waals surface area contributed by atoms with Crippen molar-refractivity contribution in [3.05, 3.63) is 78.6 Å². The molecule has 1 fully saturated rings. The summed E-state index contributed by atoms with van der Waals surface area (Å²) in [5, 5.41) is 2.72. The van der Waals surface area contributed by atoms with Crippen LogP contribution in [0.4, 0.5) is 22.7 Å². The summed E-state index contributed by atoms with van der Waals surface area (Å²) in [6.45, 7) is 1.45. The monoisotopic (exact) mass is 401 g/mol. The lowest BCUT2D eigenvalue weighted by Crippen LogP contribution is -2.31. The molecule has 0 bridgehead atoms. The van der Waals surface area contributed by atoms with E-state index in [4.69, 9.17) is 0 Å². The highest BCUT2D eigenvalue weighted by atomic mass is 16.2. The molecule has 0 unspecified atom stereocenters. The van der Waals surface area contributed by atoms with E-state index in [1.165, 1.54) is 6.92 Å². The average molecular weight is 401 g/mol. The molecule has 0 atom stereocenters. The molecule has 30 heavy (non-hydrogen) atoms. The van der Waals surface area contributed by atoms with Crippen molar-refractivity contribution in [2.75, 3.05) is 15.6 Å². The van der Waals surface area contributed by atoms with Crippen LogP contribution in [0.1, 0.15) is 30.1 Å². The fraction of sp³-hybridized carbons (Fsp3) is 0.174. The molecule has 1 aliphatic carbocycles. The van der Waals surface area contributed by atoms with Crippen molar-refractivity contribution < 1.29 is 9.59 Å². The van der Waals surface area contributed by atoms with Gasteiger partial charge in [-0.15, -0.1) is 0 Å². The van der Waals surface area contributed by atoms with E-state index in [0.717, 1.165) is 24.2 Å². The first-order chi connectivity index (χ1) is 14.6. The Kier molecular flexibility index (Phi) is 5.61. The van der Waals surface area contributed by atoms with Crippen LogP contribution in [0.15, 0.2) is 73.1 Å². The standard InChI is InChI=1S/C23H23N5O2/c1-16(29)25-17-6-5-7-18(14-17)26-27-23(30)21-15-24-13-12-22(21)28(20-10-11-20)19-8-3-2-4-9-19/h2-9,12-15,20,26H,10-11H2,1H3,(H,25,29)(H,27,30). The maximum Gasteiger partial charge on any atom is 0.273 e. The number of para-hydroxylation sites is 1. The predicted molar refractivity (Wildman–Crippen MR) is 118 cm³/mol. The first-order valence-electron chi connectivity index (χ1n) is 9.84. The molecule has 7 nitrogen and oxygen atoms in total. The minimum atomic E-state index is -0.287. The first kappa shape index (κ1) is 19.4. The van der Waals surface area contributed by atoms with Crippen LogP contribution in [0.3, 0.4) is 0 Å². The Hall–Kier alpha value is -3.87. The second-order valence-corrected chi connectivity index (χ2v) is 7.17. The number of nitrogens with zero attached hydrogens (tertiary/aromatic N) is 2. The van der Waals surface area contributed by atoms with E-state index in [-0.39, 0.29) is 11.8 Å². The minimum Gasteiger partial charge on any atom is -0.338 e. The first-order valence-corrected chi connectivity index (χ1v) is 9.84. The lowest BCUT2D eigenvalue weighted by molar-refractivity contribution is -0.114. The normalized spacial score (nSPS) is 12.7. The van der Waals surface area contributed by atoms with Crippen LogP contribution in [0.5, 0.6) is 0 Å². The third-order valence-electron chi connectivity index (χ3n) is 4.75. The zero-order valence-corrected chi connectivity index (χ0v) is 16.6. The number of hydrogen-bond donors (Lipinski definition) is 3. The van der Waals surface area contributed by atoms with Gasteiger partial charge in [0.2, 0.25) is 5.91 Å². The molecular weight excluding hydrogens is 378 g/mol. The Labute approximate surface area is 175 Å². The number of amides is 2. The molecule has 2 amide bonds. The molecular formula is C23H23N5O2. The van der Waals surface area contributed by atoms with E-state index >= 15 is 0 Å².